The number of para-hydroxylation sites is 1. The van der Waals surface area contributed by atoms with Gasteiger partial charge in [-0.25, -0.2) is 4.99 Å². The minimum absolute atomic E-state index is 0. The van der Waals surface area contributed by atoms with Crippen LogP contribution in [-0.2, 0) is 11.3 Å². The molecule has 1 amide bonds. The van der Waals surface area contributed by atoms with Crippen LogP contribution in [-0.4, -0.2) is 31.0 Å². The number of nitrogens with one attached hydrogen (secondary N) is 3. The lowest BCUT2D eigenvalue weighted by atomic mass is 10.1. The summed E-state index contributed by atoms with van der Waals surface area (Å²) in [5.41, 5.74) is 2.00. The van der Waals surface area contributed by atoms with Crippen LogP contribution in [0.4, 0.5) is 0 Å². The van der Waals surface area contributed by atoms with Crippen molar-refractivity contribution in [1.29, 1.82) is 0 Å². The van der Waals surface area contributed by atoms with Crippen molar-refractivity contribution in [2.45, 2.75) is 46.7 Å². The Balaban J connectivity index is 0.00000338. The van der Waals surface area contributed by atoms with E-state index in [4.69, 9.17) is 4.42 Å². The fourth-order valence-electron chi connectivity index (χ4n) is 2.56. The molecule has 2 rings (SSSR count). The van der Waals surface area contributed by atoms with Crippen molar-refractivity contribution in [3.63, 3.8) is 0 Å². The highest BCUT2D eigenvalue weighted by atomic mass is 127. The monoisotopic (exact) mass is 472 g/mol. The molecule has 0 fully saturated rings. The van der Waals surface area contributed by atoms with Crippen LogP contribution >= 0.6 is 24.0 Å². The number of carbonyl (C=O) groups is 1. The molecule has 0 radical (unpaired) electrons. The Bertz CT molecular complexity index is 740. The van der Waals surface area contributed by atoms with Gasteiger partial charge in [0.25, 0.3) is 0 Å². The summed E-state index contributed by atoms with van der Waals surface area (Å²) in [7, 11) is 0. The summed E-state index contributed by atoms with van der Waals surface area (Å²) >= 11 is 0. The average Bonchev–Trinajstić information content (AvgIpc) is 2.88. The molecule has 1 aromatic heterocycles. The van der Waals surface area contributed by atoms with Crippen molar-refractivity contribution in [1.82, 2.24) is 16.0 Å². The second-order valence-electron chi connectivity index (χ2n) is 6.24. The predicted molar refractivity (Wildman–Crippen MR) is 117 cm³/mol. The summed E-state index contributed by atoms with van der Waals surface area (Å²) in [5, 5.41) is 10.4. The largest absolute Gasteiger partial charge is 0.459 e. The van der Waals surface area contributed by atoms with E-state index in [0.717, 1.165) is 28.8 Å². The molecule has 7 heteroatoms. The Labute approximate surface area is 172 Å². The SMILES string of the molecule is CCNC(=NCc1oc2ccccc2c1C)NCCC(=O)NC(C)C.I. The van der Waals surface area contributed by atoms with E-state index < -0.39 is 0 Å². The maximum Gasteiger partial charge on any atom is 0.221 e. The molecule has 0 aliphatic heterocycles. The van der Waals surface area contributed by atoms with Crippen LogP contribution in [0.2, 0.25) is 0 Å². The Hall–Kier alpha value is -1.77. The van der Waals surface area contributed by atoms with E-state index in [0.29, 0.717) is 25.5 Å². The molecule has 0 bridgehead atoms. The lowest BCUT2D eigenvalue weighted by Gasteiger charge is -2.12. The number of furan rings is 1. The van der Waals surface area contributed by atoms with Gasteiger partial charge in [-0.05, 0) is 33.8 Å². The number of fused-ring (bicyclic) bond motifs is 1. The summed E-state index contributed by atoms with van der Waals surface area (Å²) in [5.74, 6) is 1.57. The second kappa shape index (κ2) is 11.1. The van der Waals surface area contributed by atoms with Gasteiger partial charge in [-0.2, -0.15) is 0 Å². The Morgan fingerprint density at radius 2 is 1.96 bits per heavy atom. The van der Waals surface area contributed by atoms with Crippen LogP contribution in [0.25, 0.3) is 11.0 Å². The number of hydrogen-bond acceptors (Lipinski definition) is 3. The summed E-state index contributed by atoms with van der Waals surface area (Å²) in [6.45, 7) is 9.70. The minimum atomic E-state index is 0. The van der Waals surface area contributed by atoms with Crippen molar-refractivity contribution in [3.8, 4) is 0 Å². The first-order chi connectivity index (χ1) is 12.0. The zero-order valence-corrected chi connectivity index (χ0v) is 18.2. The maximum atomic E-state index is 11.7. The third kappa shape index (κ3) is 6.51. The molecule has 0 saturated carbocycles. The van der Waals surface area contributed by atoms with Gasteiger partial charge in [-0.15, -0.1) is 24.0 Å². The summed E-state index contributed by atoms with van der Waals surface area (Å²) in [4.78, 5) is 16.3. The van der Waals surface area contributed by atoms with Crippen molar-refractivity contribution in [2.24, 2.45) is 4.99 Å². The summed E-state index contributed by atoms with van der Waals surface area (Å²) in [6, 6.07) is 8.15. The van der Waals surface area contributed by atoms with Gasteiger partial charge in [0.15, 0.2) is 5.96 Å². The number of aryl methyl sites for hydroxylation is 1. The third-order valence-electron chi connectivity index (χ3n) is 3.76. The van der Waals surface area contributed by atoms with E-state index in [2.05, 4.69) is 27.0 Å². The number of amides is 1. The van der Waals surface area contributed by atoms with Crippen LogP contribution in [0.15, 0.2) is 33.7 Å². The van der Waals surface area contributed by atoms with Crippen molar-refractivity contribution >= 4 is 46.8 Å². The predicted octanol–water partition coefficient (Wildman–Crippen LogP) is 3.33. The van der Waals surface area contributed by atoms with Crippen molar-refractivity contribution in [2.75, 3.05) is 13.1 Å². The van der Waals surface area contributed by atoms with Crippen molar-refractivity contribution in [3.05, 3.63) is 35.6 Å². The zero-order valence-electron chi connectivity index (χ0n) is 15.9. The highest BCUT2D eigenvalue weighted by Crippen LogP contribution is 2.25. The molecule has 0 aliphatic rings. The Morgan fingerprint density at radius 3 is 2.62 bits per heavy atom. The lowest BCUT2D eigenvalue weighted by molar-refractivity contribution is -0.121. The smallest absolute Gasteiger partial charge is 0.221 e. The van der Waals surface area contributed by atoms with Crippen LogP contribution in [0.3, 0.4) is 0 Å². The quantitative estimate of drug-likeness (QED) is 0.328. The Morgan fingerprint density at radius 1 is 1.23 bits per heavy atom. The van der Waals surface area contributed by atoms with Gasteiger partial charge in [-0.1, -0.05) is 18.2 Å². The molecular weight excluding hydrogens is 443 g/mol. The molecule has 0 atom stereocenters. The van der Waals surface area contributed by atoms with E-state index in [9.17, 15) is 4.79 Å². The average molecular weight is 472 g/mol. The molecule has 0 unspecified atom stereocenters. The van der Waals surface area contributed by atoms with Crippen molar-refractivity contribution < 1.29 is 9.21 Å². The zero-order chi connectivity index (χ0) is 18.2. The van der Waals surface area contributed by atoms with E-state index in [1.54, 1.807) is 0 Å². The molecule has 144 valence electrons. The highest BCUT2D eigenvalue weighted by Gasteiger charge is 2.10. The first-order valence-electron chi connectivity index (χ1n) is 8.79. The van der Waals surface area contributed by atoms with Crippen LogP contribution < -0.4 is 16.0 Å². The van der Waals surface area contributed by atoms with Gasteiger partial charge < -0.3 is 20.4 Å². The van der Waals surface area contributed by atoms with Gasteiger partial charge in [0, 0.05) is 36.5 Å². The maximum absolute atomic E-state index is 11.7. The lowest BCUT2D eigenvalue weighted by Crippen LogP contribution is -2.40. The number of aliphatic imine (C=N–C) groups is 1. The second-order valence-corrected chi connectivity index (χ2v) is 6.24. The van der Waals surface area contributed by atoms with E-state index in [-0.39, 0.29) is 35.9 Å². The summed E-state index contributed by atoms with van der Waals surface area (Å²) < 4.78 is 5.89. The first-order valence-corrected chi connectivity index (χ1v) is 8.79. The normalized spacial score (nSPS) is 11.3. The molecule has 3 N–H and O–H groups in total. The van der Waals surface area contributed by atoms with Gasteiger partial charge in [0.05, 0.1) is 0 Å². The standard InChI is InChI=1S/C19H28N4O2.HI/c1-5-20-19(21-11-10-18(24)23-13(2)3)22-12-17-14(4)15-8-6-7-9-16(15)25-17;/h6-9,13H,5,10-12H2,1-4H3,(H,23,24)(H2,20,21,22);1H. The molecule has 2 aromatic rings. The topological polar surface area (TPSA) is 78.7 Å². The van der Waals surface area contributed by atoms with Crippen LogP contribution in [0, 0.1) is 6.92 Å². The highest BCUT2D eigenvalue weighted by molar-refractivity contribution is 14.0. The van der Waals surface area contributed by atoms with Crippen LogP contribution in [0.1, 0.15) is 38.5 Å². The number of carbonyl (C=O) groups excluding carboxylic acids is 1. The fraction of sp³-hybridized carbons (Fsp3) is 0.474. The molecule has 0 aliphatic carbocycles. The fourth-order valence-corrected chi connectivity index (χ4v) is 2.56. The number of rotatable bonds is 7. The molecule has 0 spiro atoms. The first kappa shape index (κ1) is 22.3. The summed E-state index contributed by atoms with van der Waals surface area (Å²) in [6.07, 6.45) is 0.409. The number of halogens is 1. The van der Waals surface area contributed by atoms with Gasteiger partial charge in [-0.3, -0.25) is 4.79 Å². The molecular formula is C19H29IN4O2. The molecule has 1 heterocycles. The van der Waals surface area contributed by atoms with Gasteiger partial charge in [0.2, 0.25) is 5.91 Å². The molecule has 26 heavy (non-hydrogen) atoms. The van der Waals surface area contributed by atoms with E-state index in [1.807, 2.05) is 45.9 Å². The molecule has 1 aromatic carbocycles. The third-order valence-corrected chi connectivity index (χ3v) is 3.76. The molecule has 0 saturated heterocycles. The Kier molecular flexibility index (Phi) is 9.47. The van der Waals surface area contributed by atoms with E-state index >= 15 is 0 Å². The minimum Gasteiger partial charge on any atom is -0.459 e. The number of nitrogens with zero attached hydrogens (tertiary/aromatic N) is 1. The number of benzene rings is 1. The van der Waals surface area contributed by atoms with Gasteiger partial charge in [0.1, 0.15) is 17.9 Å². The molecule has 6 nitrogen and oxygen atoms in total. The number of hydrogen-bond donors (Lipinski definition) is 3. The van der Waals surface area contributed by atoms with Gasteiger partial charge >= 0.3 is 0 Å². The van der Waals surface area contributed by atoms with E-state index in [1.165, 1.54) is 0 Å². The van der Waals surface area contributed by atoms with Crippen LogP contribution in [0.5, 0.6) is 0 Å². The number of guanidine groups is 1.